The zero-order valence-electron chi connectivity index (χ0n) is 15.7. The first-order valence-corrected chi connectivity index (χ1v) is 9.99. The monoisotopic (exact) mass is 387 g/mol. The highest BCUT2D eigenvalue weighted by Gasteiger charge is 2.27. The minimum absolute atomic E-state index is 0.00123. The molecule has 2 aliphatic rings. The van der Waals surface area contributed by atoms with Crippen LogP contribution in [0.15, 0.2) is 24.3 Å². The Balaban J connectivity index is 1.68. The van der Waals surface area contributed by atoms with Crippen molar-refractivity contribution in [2.45, 2.75) is 32.2 Å². The van der Waals surface area contributed by atoms with Gasteiger partial charge in [-0.2, -0.15) is 4.98 Å². The van der Waals surface area contributed by atoms with Crippen molar-refractivity contribution < 1.29 is 4.74 Å². The Labute approximate surface area is 165 Å². The fourth-order valence-corrected chi connectivity index (χ4v) is 4.29. The quantitative estimate of drug-likeness (QED) is 0.868. The van der Waals surface area contributed by atoms with E-state index in [0.29, 0.717) is 12.6 Å². The van der Waals surface area contributed by atoms with E-state index in [9.17, 15) is 0 Å². The van der Waals surface area contributed by atoms with Crippen LogP contribution in [-0.4, -0.2) is 42.8 Å². The number of ether oxygens (including phenoxy) is 1. The number of nitrogens with zero attached hydrogens (tertiary/aromatic N) is 4. The summed E-state index contributed by atoms with van der Waals surface area (Å²) in [6, 6.07) is 8.38. The highest BCUT2D eigenvalue weighted by molar-refractivity contribution is 6.31. The van der Waals surface area contributed by atoms with Crippen LogP contribution in [0.3, 0.4) is 0 Å². The van der Waals surface area contributed by atoms with Crippen molar-refractivity contribution in [3.63, 3.8) is 0 Å². The number of benzene rings is 1. The second kappa shape index (κ2) is 7.90. The first kappa shape index (κ1) is 18.3. The summed E-state index contributed by atoms with van der Waals surface area (Å²) in [6.45, 7) is 6.29. The Morgan fingerprint density at radius 3 is 2.67 bits per heavy atom. The maximum atomic E-state index is 6.74. The van der Waals surface area contributed by atoms with E-state index >= 15 is 0 Å². The molecule has 144 valence electrons. The zero-order valence-corrected chi connectivity index (χ0v) is 16.5. The molecule has 0 saturated carbocycles. The van der Waals surface area contributed by atoms with Gasteiger partial charge in [-0.15, -0.1) is 0 Å². The molecule has 0 amide bonds. The van der Waals surface area contributed by atoms with Crippen molar-refractivity contribution >= 4 is 29.1 Å². The molecule has 1 aromatic heterocycles. The fourth-order valence-electron chi connectivity index (χ4n) is 3.99. The molecule has 4 rings (SSSR count). The molecule has 0 unspecified atom stereocenters. The van der Waals surface area contributed by atoms with Crippen LogP contribution in [-0.2, 0) is 4.74 Å². The Morgan fingerprint density at radius 2 is 1.93 bits per heavy atom. The van der Waals surface area contributed by atoms with Gasteiger partial charge < -0.3 is 20.3 Å². The first-order valence-electron chi connectivity index (χ1n) is 9.62. The molecule has 1 atom stereocenters. The summed E-state index contributed by atoms with van der Waals surface area (Å²) >= 11 is 6.74. The maximum Gasteiger partial charge on any atom is 0.222 e. The molecular formula is C20H26ClN5O. The second-order valence-corrected chi connectivity index (χ2v) is 7.67. The molecule has 2 saturated heterocycles. The molecule has 2 fully saturated rings. The predicted octanol–water partition coefficient (Wildman–Crippen LogP) is 3.59. The minimum atomic E-state index is 0.00123. The van der Waals surface area contributed by atoms with Crippen LogP contribution in [0.25, 0.3) is 0 Å². The number of halogens is 1. The van der Waals surface area contributed by atoms with Crippen molar-refractivity contribution in [3.8, 4) is 0 Å². The Hall–Kier alpha value is -2.05. The van der Waals surface area contributed by atoms with Crippen molar-refractivity contribution in [1.29, 1.82) is 0 Å². The summed E-state index contributed by atoms with van der Waals surface area (Å²) in [7, 11) is 0. The Kier molecular flexibility index (Phi) is 5.36. The number of aryl methyl sites for hydroxylation is 1. The van der Waals surface area contributed by atoms with Crippen LogP contribution < -0.4 is 15.5 Å². The summed E-state index contributed by atoms with van der Waals surface area (Å²) in [5.74, 6) is 1.12. The third kappa shape index (κ3) is 3.96. The van der Waals surface area contributed by atoms with Crippen molar-refractivity contribution in [2.75, 3.05) is 48.4 Å². The topological polar surface area (TPSA) is 67.5 Å². The largest absolute Gasteiger partial charge is 0.379 e. The molecule has 2 N–H and O–H groups in total. The number of nitrogen functional groups attached to an aromatic ring is 1. The molecule has 7 heteroatoms. The Morgan fingerprint density at radius 1 is 1.11 bits per heavy atom. The third-order valence-corrected chi connectivity index (χ3v) is 5.63. The molecule has 27 heavy (non-hydrogen) atoms. The van der Waals surface area contributed by atoms with Crippen molar-refractivity contribution in [2.24, 2.45) is 0 Å². The van der Waals surface area contributed by atoms with E-state index in [1.165, 1.54) is 18.5 Å². The number of hydrogen-bond donors (Lipinski definition) is 1. The summed E-state index contributed by atoms with van der Waals surface area (Å²) in [5.41, 5.74) is 9.02. The number of anilines is 3. The van der Waals surface area contributed by atoms with Gasteiger partial charge in [0.05, 0.1) is 12.6 Å². The van der Waals surface area contributed by atoms with Gasteiger partial charge in [0, 0.05) is 48.7 Å². The van der Waals surface area contributed by atoms with Gasteiger partial charge in [0.25, 0.3) is 0 Å². The molecule has 0 aliphatic carbocycles. The van der Waals surface area contributed by atoms with E-state index in [1.54, 1.807) is 0 Å². The fraction of sp³-hybridized carbons (Fsp3) is 0.500. The van der Waals surface area contributed by atoms with E-state index in [-0.39, 0.29) is 6.04 Å². The number of aromatic nitrogens is 2. The number of rotatable bonds is 3. The molecule has 0 spiro atoms. The van der Waals surface area contributed by atoms with Crippen LogP contribution >= 0.6 is 11.6 Å². The lowest BCUT2D eigenvalue weighted by Crippen LogP contribution is -2.32. The summed E-state index contributed by atoms with van der Waals surface area (Å²) in [6.07, 6.45) is 3.43. The third-order valence-electron chi connectivity index (χ3n) is 5.31. The first-order chi connectivity index (χ1) is 13.1. The van der Waals surface area contributed by atoms with Crippen LogP contribution in [0, 0.1) is 6.92 Å². The van der Waals surface area contributed by atoms with Crippen LogP contribution in [0.1, 0.15) is 36.6 Å². The van der Waals surface area contributed by atoms with Gasteiger partial charge in [0.1, 0.15) is 5.82 Å². The van der Waals surface area contributed by atoms with Gasteiger partial charge in [0.15, 0.2) is 0 Å². The van der Waals surface area contributed by atoms with Gasteiger partial charge >= 0.3 is 0 Å². The molecule has 2 aliphatic heterocycles. The number of hydrogen-bond acceptors (Lipinski definition) is 6. The van der Waals surface area contributed by atoms with E-state index < -0.39 is 0 Å². The number of nitrogens with two attached hydrogens (primary N) is 1. The van der Waals surface area contributed by atoms with Gasteiger partial charge in [0.2, 0.25) is 5.95 Å². The second-order valence-electron chi connectivity index (χ2n) is 7.26. The van der Waals surface area contributed by atoms with E-state index in [2.05, 4.69) is 38.0 Å². The molecule has 2 aromatic rings. The van der Waals surface area contributed by atoms with Crippen LogP contribution in [0.4, 0.5) is 17.5 Å². The summed E-state index contributed by atoms with van der Waals surface area (Å²) < 4.78 is 5.87. The van der Waals surface area contributed by atoms with Gasteiger partial charge in [-0.3, -0.25) is 0 Å². The summed E-state index contributed by atoms with van der Waals surface area (Å²) in [4.78, 5) is 13.3. The average Bonchev–Trinajstić information content (AvgIpc) is 3.06. The van der Waals surface area contributed by atoms with E-state index in [0.717, 1.165) is 54.8 Å². The zero-order chi connectivity index (χ0) is 18.8. The average molecular weight is 388 g/mol. The molecule has 3 heterocycles. The van der Waals surface area contributed by atoms with Gasteiger partial charge in [-0.25, -0.2) is 4.98 Å². The normalized spacial score (nSPS) is 20.7. The Bertz CT molecular complexity index is 789. The highest BCUT2D eigenvalue weighted by atomic mass is 35.5. The molecule has 0 bridgehead atoms. The lowest BCUT2D eigenvalue weighted by molar-refractivity contribution is 0.134. The van der Waals surface area contributed by atoms with Crippen LogP contribution in [0.5, 0.6) is 0 Å². The molecule has 1 aromatic carbocycles. The SMILES string of the molecule is Cc1cc(N2CCCOC[C@@H]2c2ccc(N3CCCC3)cc2Cl)nc(N)n1. The molecule has 0 radical (unpaired) electrons. The van der Waals surface area contributed by atoms with Gasteiger partial charge in [-0.05, 0) is 43.9 Å². The highest BCUT2D eigenvalue weighted by Crippen LogP contribution is 2.35. The lowest BCUT2D eigenvalue weighted by atomic mass is 10.0. The molecular weight excluding hydrogens is 362 g/mol. The molecule has 6 nitrogen and oxygen atoms in total. The predicted molar refractivity (Wildman–Crippen MR) is 110 cm³/mol. The standard InChI is InChI=1S/C20H26ClN5O/c1-14-11-19(24-20(22)23-14)26-9-4-10-27-13-18(26)16-6-5-15(12-17(16)21)25-7-2-3-8-25/h5-6,11-12,18H,2-4,7-10,13H2,1H3,(H2,22,23,24)/t18-/m1/s1. The van der Waals surface area contributed by atoms with E-state index in [4.69, 9.17) is 22.1 Å². The van der Waals surface area contributed by atoms with Gasteiger partial charge in [-0.1, -0.05) is 17.7 Å². The van der Waals surface area contributed by atoms with Crippen molar-refractivity contribution in [3.05, 3.63) is 40.5 Å². The minimum Gasteiger partial charge on any atom is -0.379 e. The van der Waals surface area contributed by atoms with Crippen LogP contribution in [0.2, 0.25) is 5.02 Å². The summed E-state index contributed by atoms with van der Waals surface area (Å²) in [5, 5.41) is 0.777. The maximum absolute atomic E-state index is 6.74. The smallest absolute Gasteiger partial charge is 0.222 e. The van der Waals surface area contributed by atoms with E-state index in [1.807, 2.05) is 13.0 Å². The lowest BCUT2D eigenvalue weighted by Gasteiger charge is -2.32. The van der Waals surface area contributed by atoms with Crippen molar-refractivity contribution in [1.82, 2.24) is 9.97 Å².